The third-order valence-corrected chi connectivity index (χ3v) is 5.69. The minimum atomic E-state index is -0.670. The molecule has 0 saturated carbocycles. The van der Waals surface area contributed by atoms with Crippen LogP contribution in [0.25, 0.3) is 10.2 Å². The molecule has 0 aliphatic carbocycles. The normalized spacial score (nSPS) is 19.0. The summed E-state index contributed by atoms with van der Waals surface area (Å²) in [6, 6.07) is 1.81. The maximum Gasteiger partial charge on any atom is 0.224 e. The highest BCUT2D eigenvalue weighted by molar-refractivity contribution is 7.18. The number of carbonyl (C=O) groups excluding carboxylic acids is 1. The average molecular weight is 382 g/mol. The quantitative estimate of drug-likeness (QED) is 0.807. The first-order valence-electron chi connectivity index (χ1n) is 8.85. The lowest BCUT2D eigenvalue weighted by atomic mass is 9.98. The molecule has 2 unspecified atom stereocenters. The highest BCUT2D eigenvalue weighted by Crippen LogP contribution is 2.30. The number of aromatic nitrogens is 1. The summed E-state index contributed by atoms with van der Waals surface area (Å²) in [6.45, 7) is 2.36. The van der Waals surface area contributed by atoms with Gasteiger partial charge in [-0.2, -0.15) is 0 Å². The molecule has 1 aliphatic heterocycles. The molecule has 0 spiro atoms. The van der Waals surface area contributed by atoms with Gasteiger partial charge >= 0.3 is 0 Å². The fourth-order valence-electron chi connectivity index (χ4n) is 3.13. The standard InChI is InChI=1S/C18H24F2N4OS/c1-24(2)7-5-14(22-17(25)11-4-3-6-21-10-11)18-23-16-13(20)8-12(19)9-15(16)26-18/h8-9,11,14,21H,3-7,10H2,1-2H3,(H,22,25). The van der Waals surface area contributed by atoms with E-state index < -0.39 is 11.6 Å². The summed E-state index contributed by atoms with van der Waals surface area (Å²) >= 11 is 1.23. The largest absolute Gasteiger partial charge is 0.347 e. The fraction of sp³-hybridized carbons (Fsp3) is 0.556. The number of nitrogens with one attached hydrogen (secondary N) is 2. The summed E-state index contributed by atoms with van der Waals surface area (Å²) < 4.78 is 27.9. The number of fused-ring (bicyclic) bond motifs is 1. The molecule has 2 N–H and O–H groups in total. The Labute approximate surface area is 155 Å². The first kappa shape index (κ1) is 19.1. The topological polar surface area (TPSA) is 57.3 Å². The van der Waals surface area contributed by atoms with Gasteiger partial charge in [-0.05, 0) is 52.5 Å². The zero-order valence-corrected chi connectivity index (χ0v) is 15.8. The van der Waals surface area contributed by atoms with Gasteiger partial charge in [-0.25, -0.2) is 13.8 Å². The van der Waals surface area contributed by atoms with Crippen molar-refractivity contribution < 1.29 is 13.6 Å². The van der Waals surface area contributed by atoms with Gasteiger partial charge in [-0.1, -0.05) is 0 Å². The van der Waals surface area contributed by atoms with Crippen LogP contribution in [-0.4, -0.2) is 49.5 Å². The third kappa shape index (κ3) is 4.55. The molecule has 1 aromatic heterocycles. The predicted molar refractivity (Wildman–Crippen MR) is 99.2 cm³/mol. The van der Waals surface area contributed by atoms with Crippen LogP contribution in [0.1, 0.15) is 30.3 Å². The number of piperidine rings is 1. The van der Waals surface area contributed by atoms with Gasteiger partial charge in [0.05, 0.1) is 16.7 Å². The second kappa shape index (κ2) is 8.37. The van der Waals surface area contributed by atoms with Gasteiger partial charge in [0.2, 0.25) is 5.91 Å². The Bertz CT molecular complexity index is 774. The molecule has 0 radical (unpaired) electrons. The molecule has 2 atom stereocenters. The molecule has 2 aromatic rings. The van der Waals surface area contributed by atoms with Crippen molar-refractivity contribution in [2.45, 2.75) is 25.3 Å². The van der Waals surface area contributed by atoms with Crippen molar-refractivity contribution in [3.05, 3.63) is 28.8 Å². The van der Waals surface area contributed by atoms with Crippen molar-refractivity contribution >= 4 is 27.5 Å². The number of hydrogen-bond donors (Lipinski definition) is 2. The summed E-state index contributed by atoms with van der Waals surface area (Å²) in [4.78, 5) is 19.0. The van der Waals surface area contributed by atoms with Crippen LogP contribution in [0.3, 0.4) is 0 Å². The van der Waals surface area contributed by atoms with Gasteiger partial charge in [-0.3, -0.25) is 4.79 Å². The van der Waals surface area contributed by atoms with E-state index in [0.29, 0.717) is 22.7 Å². The molecule has 8 heteroatoms. The lowest BCUT2D eigenvalue weighted by Gasteiger charge is -2.25. The lowest BCUT2D eigenvalue weighted by molar-refractivity contribution is -0.126. The number of carbonyl (C=O) groups is 1. The molecular formula is C18H24F2N4OS. The monoisotopic (exact) mass is 382 g/mol. The molecule has 5 nitrogen and oxygen atoms in total. The van der Waals surface area contributed by atoms with Gasteiger partial charge in [0.15, 0.2) is 5.82 Å². The summed E-state index contributed by atoms with van der Waals surface area (Å²) in [5, 5.41) is 6.93. The van der Waals surface area contributed by atoms with E-state index in [9.17, 15) is 13.6 Å². The van der Waals surface area contributed by atoms with Gasteiger partial charge in [0, 0.05) is 12.6 Å². The minimum absolute atomic E-state index is 0.00753. The van der Waals surface area contributed by atoms with E-state index in [2.05, 4.69) is 15.6 Å². The second-order valence-electron chi connectivity index (χ2n) is 6.98. The van der Waals surface area contributed by atoms with Crippen LogP contribution in [0.4, 0.5) is 8.78 Å². The van der Waals surface area contributed by atoms with E-state index in [1.807, 2.05) is 19.0 Å². The van der Waals surface area contributed by atoms with Crippen LogP contribution in [0.15, 0.2) is 12.1 Å². The number of nitrogens with zero attached hydrogens (tertiary/aromatic N) is 2. The Hall–Kier alpha value is -1.64. The molecule has 1 aromatic carbocycles. The average Bonchev–Trinajstić information content (AvgIpc) is 3.03. The number of amides is 1. The Morgan fingerprint density at radius 2 is 2.27 bits per heavy atom. The van der Waals surface area contributed by atoms with E-state index in [4.69, 9.17) is 0 Å². The molecule has 1 amide bonds. The van der Waals surface area contributed by atoms with E-state index in [-0.39, 0.29) is 23.4 Å². The second-order valence-corrected chi connectivity index (χ2v) is 8.05. The zero-order chi connectivity index (χ0) is 18.7. The summed E-state index contributed by atoms with van der Waals surface area (Å²) in [6.07, 6.45) is 2.49. The highest BCUT2D eigenvalue weighted by atomic mass is 32.1. The number of rotatable bonds is 6. The van der Waals surface area contributed by atoms with E-state index >= 15 is 0 Å². The number of halogens is 2. The Morgan fingerprint density at radius 1 is 1.46 bits per heavy atom. The SMILES string of the molecule is CN(C)CCC(NC(=O)C1CCCNC1)c1nc2c(F)cc(F)cc2s1. The summed E-state index contributed by atoms with van der Waals surface area (Å²) in [7, 11) is 3.91. The van der Waals surface area contributed by atoms with Gasteiger partial charge in [-0.15, -0.1) is 11.3 Å². The molecule has 0 bridgehead atoms. The lowest BCUT2D eigenvalue weighted by Crippen LogP contribution is -2.42. The van der Waals surface area contributed by atoms with Crippen LogP contribution in [0.2, 0.25) is 0 Å². The van der Waals surface area contributed by atoms with Crippen molar-refractivity contribution in [3.8, 4) is 0 Å². The van der Waals surface area contributed by atoms with Gasteiger partial charge in [0.1, 0.15) is 16.3 Å². The Balaban J connectivity index is 1.83. The molecular weight excluding hydrogens is 358 g/mol. The molecule has 142 valence electrons. The first-order chi connectivity index (χ1) is 12.4. The van der Waals surface area contributed by atoms with Crippen molar-refractivity contribution in [3.63, 3.8) is 0 Å². The zero-order valence-electron chi connectivity index (χ0n) is 15.0. The minimum Gasteiger partial charge on any atom is -0.347 e. The summed E-state index contributed by atoms with van der Waals surface area (Å²) in [5.41, 5.74) is 0.162. The van der Waals surface area contributed by atoms with E-state index in [1.54, 1.807) is 0 Å². The van der Waals surface area contributed by atoms with Crippen molar-refractivity contribution in [2.24, 2.45) is 5.92 Å². The highest BCUT2D eigenvalue weighted by Gasteiger charge is 2.26. The van der Waals surface area contributed by atoms with Crippen LogP contribution in [0.5, 0.6) is 0 Å². The van der Waals surface area contributed by atoms with Crippen LogP contribution in [0, 0.1) is 17.6 Å². The molecule has 2 heterocycles. The molecule has 1 fully saturated rings. The molecule has 26 heavy (non-hydrogen) atoms. The predicted octanol–water partition coefficient (Wildman–Crippen LogP) is 2.68. The number of thiazole rings is 1. The maximum atomic E-state index is 14.0. The maximum absolute atomic E-state index is 14.0. The van der Waals surface area contributed by atoms with Crippen LogP contribution >= 0.6 is 11.3 Å². The summed E-state index contributed by atoms with van der Waals surface area (Å²) in [5.74, 6) is -1.36. The Morgan fingerprint density at radius 3 is 2.96 bits per heavy atom. The van der Waals surface area contributed by atoms with Crippen molar-refractivity contribution in [2.75, 3.05) is 33.7 Å². The van der Waals surface area contributed by atoms with Crippen molar-refractivity contribution in [1.29, 1.82) is 0 Å². The fourth-order valence-corrected chi connectivity index (χ4v) is 4.23. The Kier molecular flexibility index (Phi) is 6.16. The number of benzene rings is 1. The van der Waals surface area contributed by atoms with Crippen molar-refractivity contribution in [1.82, 2.24) is 20.5 Å². The van der Waals surface area contributed by atoms with Gasteiger partial charge in [0.25, 0.3) is 0 Å². The molecule has 1 aliphatic rings. The molecule has 1 saturated heterocycles. The van der Waals surface area contributed by atoms with Crippen LogP contribution < -0.4 is 10.6 Å². The van der Waals surface area contributed by atoms with Gasteiger partial charge < -0.3 is 15.5 Å². The van der Waals surface area contributed by atoms with Crippen LogP contribution in [-0.2, 0) is 4.79 Å². The first-order valence-corrected chi connectivity index (χ1v) is 9.67. The molecule has 3 rings (SSSR count). The third-order valence-electron chi connectivity index (χ3n) is 4.58. The van der Waals surface area contributed by atoms with E-state index in [1.165, 1.54) is 17.4 Å². The smallest absolute Gasteiger partial charge is 0.224 e. The van der Waals surface area contributed by atoms with E-state index in [0.717, 1.165) is 32.0 Å². The number of hydrogen-bond acceptors (Lipinski definition) is 5.